The summed E-state index contributed by atoms with van der Waals surface area (Å²) in [6.45, 7) is 0. The zero-order valence-corrected chi connectivity index (χ0v) is 25.8. The zero-order chi connectivity index (χ0) is 31.3. The molecule has 0 aliphatic rings. The minimum atomic E-state index is -4.12. The molecule has 0 aromatic heterocycles. The van der Waals surface area contributed by atoms with Crippen molar-refractivity contribution in [3.05, 3.63) is 96.6 Å². The predicted molar refractivity (Wildman–Crippen MR) is 172 cm³/mol. The van der Waals surface area contributed by atoms with Gasteiger partial charge in [-0.3, -0.25) is 14.4 Å². The first-order valence-corrected chi connectivity index (χ1v) is 14.8. The summed E-state index contributed by atoms with van der Waals surface area (Å²) in [5, 5.41) is 2.86. The molecule has 10 nitrogen and oxygen atoms in total. The second kappa shape index (κ2) is 12.9. The number of nitrogens with one attached hydrogen (secondary N) is 2. The summed E-state index contributed by atoms with van der Waals surface area (Å²) in [6, 6.07) is 25.4. The average molecular weight is 602 g/mol. The molecule has 224 valence electrons. The number of ether oxygens (including phenoxy) is 1. The van der Waals surface area contributed by atoms with Gasteiger partial charge in [0.15, 0.2) is 0 Å². The third-order valence-electron chi connectivity index (χ3n) is 6.71. The summed E-state index contributed by atoms with van der Waals surface area (Å²) < 4.78 is 35.2. The number of methoxy groups -OCH3 is 1. The molecule has 0 spiro atoms. The van der Waals surface area contributed by atoms with E-state index >= 15 is 0 Å². The van der Waals surface area contributed by atoms with E-state index in [1.807, 2.05) is 37.2 Å². The Labute approximate surface area is 252 Å². The Balaban J connectivity index is 1.58. The van der Waals surface area contributed by atoms with Crippen molar-refractivity contribution in [3.63, 3.8) is 0 Å². The fourth-order valence-electron chi connectivity index (χ4n) is 4.33. The van der Waals surface area contributed by atoms with Crippen LogP contribution in [0.2, 0.25) is 0 Å². The summed E-state index contributed by atoms with van der Waals surface area (Å²) in [5.74, 6) is -0.00476. The lowest BCUT2D eigenvalue weighted by atomic mass is 10.0. The Morgan fingerprint density at radius 1 is 0.721 bits per heavy atom. The topological polar surface area (TPSA) is 111 Å². The number of hydrogen-bond donors (Lipinski definition) is 2. The highest BCUT2D eigenvalue weighted by Crippen LogP contribution is 2.32. The van der Waals surface area contributed by atoms with E-state index < -0.39 is 10.0 Å². The Bertz CT molecular complexity index is 1750. The van der Waals surface area contributed by atoms with E-state index in [2.05, 4.69) is 10.0 Å². The Morgan fingerprint density at radius 2 is 1.35 bits per heavy atom. The van der Waals surface area contributed by atoms with Gasteiger partial charge in [0.1, 0.15) is 10.6 Å². The second-order valence-corrected chi connectivity index (χ2v) is 11.9. The molecule has 4 aromatic carbocycles. The van der Waals surface area contributed by atoms with Crippen LogP contribution in [0.15, 0.2) is 95.9 Å². The fourth-order valence-corrected chi connectivity index (χ4v) is 5.58. The standard InChI is InChI=1S/C32H35N5O5S/c1-35(2)27-14-8-12-25(20-27)33-32(39)37(5)28-15-9-13-26(21-28)34-43(40,41)30-19-23(16-17-29(30)42-6)22-10-7-11-24(18-22)31(38)36(3)4/h7-21,34H,1-6H3,(H,33,39). The van der Waals surface area contributed by atoms with Gasteiger partial charge in [-0.05, 0) is 71.8 Å². The van der Waals surface area contributed by atoms with Gasteiger partial charge in [0.2, 0.25) is 0 Å². The highest BCUT2D eigenvalue weighted by atomic mass is 32.2. The number of hydrogen-bond acceptors (Lipinski definition) is 6. The third kappa shape index (κ3) is 7.25. The predicted octanol–water partition coefficient (Wildman–Crippen LogP) is 5.60. The highest BCUT2D eigenvalue weighted by Gasteiger charge is 2.22. The summed E-state index contributed by atoms with van der Waals surface area (Å²) in [5.41, 5.74) is 4.06. The number of urea groups is 1. The van der Waals surface area contributed by atoms with Crippen LogP contribution in [0.4, 0.5) is 27.5 Å². The lowest BCUT2D eigenvalue weighted by molar-refractivity contribution is 0.0827. The number of carbonyl (C=O) groups excluding carboxylic acids is 2. The van der Waals surface area contributed by atoms with Gasteiger partial charge < -0.3 is 19.9 Å². The molecule has 4 rings (SSSR count). The van der Waals surface area contributed by atoms with Crippen molar-refractivity contribution < 1.29 is 22.7 Å². The molecule has 2 N–H and O–H groups in total. The minimum absolute atomic E-state index is 0.0749. The van der Waals surface area contributed by atoms with Crippen LogP contribution in [0.3, 0.4) is 0 Å². The lowest BCUT2D eigenvalue weighted by Crippen LogP contribution is -2.31. The molecule has 0 atom stereocenters. The number of benzene rings is 4. The molecule has 0 aliphatic heterocycles. The van der Waals surface area contributed by atoms with Gasteiger partial charge >= 0.3 is 6.03 Å². The first kappa shape index (κ1) is 30.9. The molecular formula is C32H35N5O5S. The van der Waals surface area contributed by atoms with E-state index in [1.165, 1.54) is 23.0 Å². The van der Waals surface area contributed by atoms with Crippen LogP contribution in [-0.4, -0.2) is 67.6 Å². The van der Waals surface area contributed by atoms with Crippen LogP contribution >= 0.6 is 0 Å². The first-order chi connectivity index (χ1) is 20.4. The molecule has 0 radical (unpaired) electrons. The summed E-state index contributed by atoms with van der Waals surface area (Å²) in [4.78, 5) is 30.2. The molecule has 11 heteroatoms. The van der Waals surface area contributed by atoms with Gasteiger partial charge in [-0.1, -0.05) is 30.3 Å². The van der Waals surface area contributed by atoms with Crippen LogP contribution in [0, 0.1) is 0 Å². The Hall–Kier alpha value is -5.03. The van der Waals surface area contributed by atoms with E-state index in [4.69, 9.17) is 4.74 Å². The van der Waals surface area contributed by atoms with Crippen molar-refractivity contribution in [3.8, 4) is 16.9 Å². The normalized spacial score (nSPS) is 10.9. The molecule has 0 saturated heterocycles. The molecule has 43 heavy (non-hydrogen) atoms. The van der Waals surface area contributed by atoms with Gasteiger partial charge in [-0.15, -0.1) is 0 Å². The minimum Gasteiger partial charge on any atom is -0.495 e. The quantitative estimate of drug-likeness (QED) is 0.258. The average Bonchev–Trinajstić information content (AvgIpc) is 3.00. The van der Waals surface area contributed by atoms with Gasteiger partial charge in [0, 0.05) is 57.9 Å². The van der Waals surface area contributed by atoms with Crippen molar-refractivity contribution in [2.24, 2.45) is 0 Å². The van der Waals surface area contributed by atoms with E-state index in [0.717, 1.165) is 5.69 Å². The maximum absolute atomic E-state index is 13.6. The molecule has 0 aliphatic carbocycles. The smallest absolute Gasteiger partial charge is 0.326 e. The Morgan fingerprint density at radius 3 is 2.02 bits per heavy atom. The fraction of sp³-hybridized carbons (Fsp3) is 0.188. The molecule has 0 saturated carbocycles. The van der Waals surface area contributed by atoms with Gasteiger partial charge in [-0.25, -0.2) is 13.2 Å². The SMILES string of the molecule is COc1ccc(-c2cccc(C(=O)N(C)C)c2)cc1S(=O)(=O)Nc1cccc(N(C)C(=O)Nc2cccc(N(C)C)c2)c1. The first-order valence-electron chi connectivity index (χ1n) is 13.3. The zero-order valence-electron chi connectivity index (χ0n) is 25.0. The number of rotatable bonds is 9. The largest absolute Gasteiger partial charge is 0.495 e. The van der Waals surface area contributed by atoms with Crippen LogP contribution in [0.25, 0.3) is 11.1 Å². The van der Waals surface area contributed by atoms with E-state index in [1.54, 1.807) is 87.9 Å². The molecule has 0 unspecified atom stereocenters. The van der Waals surface area contributed by atoms with E-state index in [-0.39, 0.29) is 28.3 Å². The van der Waals surface area contributed by atoms with E-state index in [9.17, 15) is 18.0 Å². The molecule has 3 amide bonds. The highest BCUT2D eigenvalue weighted by molar-refractivity contribution is 7.92. The van der Waals surface area contributed by atoms with Crippen LogP contribution in [0.1, 0.15) is 10.4 Å². The van der Waals surface area contributed by atoms with Crippen LogP contribution in [-0.2, 0) is 10.0 Å². The molecule has 0 heterocycles. The van der Waals surface area contributed by atoms with Gasteiger partial charge in [-0.2, -0.15) is 0 Å². The van der Waals surface area contributed by atoms with Crippen molar-refractivity contribution in [1.29, 1.82) is 0 Å². The van der Waals surface area contributed by atoms with Gasteiger partial charge in [0.05, 0.1) is 12.8 Å². The number of carbonyl (C=O) groups is 2. The number of sulfonamides is 1. The maximum atomic E-state index is 13.6. The maximum Gasteiger partial charge on any atom is 0.326 e. The van der Waals surface area contributed by atoms with Crippen molar-refractivity contribution in [2.45, 2.75) is 4.90 Å². The van der Waals surface area contributed by atoms with Crippen molar-refractivity contribution in [2.75, 3.05) is 62.2 Å². The molecule has 0 bridgehead atoms. The van der Waals surface area contributed by atoms with Crippen molar-refractivity contribution in [1.82, 2.24) is 4.90 Å². The summed E-state index contributed by atoms with van der Waals surface area (Å²) in [6.07, 6.45) is 0. The summed E-state index contributed by atoms with van der Waals surface area (Å²) in [7, 11) is 6.03. The third-order valence-corrected chi connectivity index (χ3v) is 8.11. The van der Waals surface area contributed by atoms with Crippen LogP contribution < -0.4 is 24.6 Å². The van der Waals surface area contributed by atoms with Crippen LogP contribution in [0.5, 0.6) is 5.75 Å². The number of nitrogens with zero attached hydrogens (tertiary/aromatic N) is 3. The van der Waals surface area contributed by atoms with Crippen molar-refractivity contribution >= 4 is 44.7 Å². The summed E-state index contributed by atoms with van der Waals surface area (Å²) >= 11 is 0. The molecule has 0 fully saturated rings. The monoisotopic (exact) mass is 601 g/mol. The second-order valence-electron chi connectivity index (χ2n) is 10.2. The van der Waals surface area contributed by atoms with Gasteiger partial charge in [0.25, 0.3) is 15.9 Å². The lowest BCUT2D eigenvalue weighted by Gasteiger charge is -2.20. The van der Waals surface area contributed by atoms with E-state index in [0.29, 0.717) is 28.1 Å². The molecular weight excluding hydrogens is 566 g/mol. The number of anilines is 4. The molecule has 4 aromatic rings. The Kier molecular flexibility index (Phi) is 9.25. The number of amides is 3.